The number of hydrogen-bond acceptors (Lipinski definition) is 6. The normalized spacial score (nSPS) is 12.5. The van der Waals surface area contributed by atoms with Crippen LogP contribution in [0.2, 0.25) is 0 Å². The van der Waals surface area contributed by atoms with Gasteiger partial charge < -0.3 is 14.6 Å². The molecule has 0 bridgehead atoms. The van der Waals surface area contributed by atoms with Crippen LogP contribution in [-0.4, -0.2) is 45.2 Å². The Kier molecular flexibility index (Phi) is 5.68. The van der Waals surface area contributed by atoms with Crippen LogP contribution in [0.3, 0.4) is 0 Å². The molecular weight excluding hydrogens is 302 g/mol. The molecule has 116 valence electrons. The maximum absolute atomic E-state index is 12.0. The first kappa shape index (κ1) is 16.9. The summed E-state index contributed by atoms with van der Waals surface area (Å²) in [5.74, 6) is -1.63. The average molecular weight is 317 g/mol. The van der Waals surface area contributed by atoms with Gasteiger partial charge in [0.2, 0.25) is 10.0 Å². The zero-order valence-electron chi connectivity index (χ0n) is 11.4. The zero-order chi connectivity index (χ0) is 16.0. The second kappa shape index (κ2) is 7.04. The summed E-state index contributed by atoms with van der Waals surface area (Å²) in [5, 5.41) is 8.46. The highest BCUT2D eigenvalue weighted by atomic mass is 32.2. The van der Waals surface area contributed by atoms with Crippen LogP contribution >= 0.6 is 0 Å². The number of carboxylic acid groups (broad SMARTS) is 1. The number of carboxylic acids is 1. The minimum Gasteiger partial charge on any atom is -0.482 e. The standard InChI is InChI=1S/C12H15NO7S/c1-8(12(16)19-2)13-21(17,18)10-5-3-9(4-6-10)20-7-11(14)15/h3-6,8,13H,7H2,1-2H3,(H,14,15). The molecule has 0 aromatic heterocycles. The van der Waals surface area contributed by atoms with E-state index in [4.69, 9.17) is 9.84 Å². The fraction of sp³-hybridized carbons (Fsp3) is 0.333. The van der Waals surface area contributed by atoms with E-state index in [1.165, 1.54) is 31.2 Å². The monoisotopic (exact) mass is 317 g/mol. The third kappa shape index (κ3) is 5.04. The minimum absolute atomic E-state index is 0.0825. The number of carbonyl (C=O) groups is 2. The molecule has 1 aromatic carbocycles. The van der Waals surface area contributed by atoms with Gasteiger partial charge in [0.25, 0.3) is 0 Å². The predicted octanol–water partition coefficient (Wildman–Crippen LogP) is -0.0102. The second-order valence-electron chi connectivity index (χ2n) is 4.02. The predicted molar refractivity (Wildman–Crippen MR) is 71.4 cm³/mol. The number of rotatable bonds is 7. The molecule has 8 nitrogen and oxygen atoms in total. The summed E-state index contributed by atoms with van der Waals surface area (Å²) in [6, 6.07) is 4.09. The van der Waals surface area contributed by atoms with E-state index < -0.39 is 34.6 Å². The van der Waals surface area contributed by atoms with Crippen molar-refractivity contribution in [1.29, 1.82) is 0 Å². The average Bonchev–Trinajstić information content (AvgIpc) is 2.44. The van der Waals surface area contributed by atoms with Crippen molar-refractivity contribution in [1.82, 2.24) is 4.72 Å². The lowest BCUT2D eigenvalue weighted by Gasteiger charge is -2.12. The van der Waals surface area contributed by atoms with E-state index >= 15 is 0 Å². The summed E-state index contributed by atoms with van der Waals surface area (Å²) in [7, 11) is -2.73. The summed E-state index contributed by atoms with van der Waals surface area (Å²) in [4.78, 5) is 21.5. The highest BCUT2D eigenvalue weighted by molar-refractivity contribution is 7.89. The molecule has 1 aromatic rings. The van der Waals surface area contributed by atoms with Gasteiger partial charge in [-0.3, -0.25) is 4.79 Å². The van der Waals surface area contributed by atoms with Gasteiger partial charge in [0.15, 0.2) is 6.61 Å². The van der Waals surface area contributed by atoms with Crippen molar-refractivity contribution in [3.63, 3.8) is 0 Å². The number of aliphatic carboxylic acids is 1. The Morgan fingerprint density at radius 1 is 1.29 bits per heavy atom. The van der Waals surface area contributed by atoms with Crippen molar-refractivity contribution in [3.8, 4) is 5.75 Å². The van der Waals surface area contributed by atoms with E-state index in [9.17, 15) is 18.0 Å². The fourth-order valence-corrected chi connectivity index (χ4v) is 2.58. The molecule has 0 saturated carbocycles. The van der Waals surface area contributed by atoms with E-state index in [-0.39, 0.29) is 10.6 Å². The molecule has 0 saturated heterocycles. The third-order valence-corrected chi connectivity index (χ3v) is 3.94. The second-order valence-corrected chi connectivity index (χ2v) is 5.73. The molecule has 1 rings (SSSR count). The number of esters is 1. The Morgan fingerprint density at radius 2 is 1.86 bits per heavy atom. The van der Waals surface area contributed by atoms with E-state index in [1.807, 2.05) is 0 Å². The van der Waals surface area contributed by atoms with Crippen LogP contribution in [0.15, 0.2) is 29.2 Å². The topological polar surface area (TPSA) is 119 Å². The quantitative estimate of drug-likeness (QED) is 0.679. The Hall–Kier alpha value is -2.13. The van der Waals surface area contributed by atoms with Crippen LogP contribution < -0.4 is 9.46 Å². The Bertz CT molecular complexity index is 609. The summed E-state index contributed by atoms with van der Waals surface area (Å²) >= 11 is 0. The number of benzene rings is 1. The van der Waals surface area contributed by atoms with Gasteiger partial charge in [0, 0.05) is 0 Å². The Labute approximate surface area is 121 Å². The third-order valence-electron chi connectivity index (χ3n) is 2.38. The first-order valence-corrected chi connectivity index (χ1v) is 7.29. The smallest absolute Gasteiger partial charge is 0.341 e. The SMILES string of the molecule is COC(=O)C(C)NS(=O)(=O)c1ccc(OCC(=O)O)cc1. The zero-order valence-corrected chi connectivity index (χ0v) is 12.2. The molecule has 0 radical (unpaired) electrons. The molecule has 0 amide bonds. The van der Waals surface area contributed by atoms with Crippen LogP contribution in [0, 0.1) is 0 Å². The van der Waals surface area contributed by atoms with Crippen molar-refractivity contribution in [3.05, 3.63) is 24.3 Å². The van der Waals surface area contributed by atoms with Crippen molar-refractivity contribution in [2.24, 2.45) is 0 Å². The van der Waals surface area contributed by atoms with Crippen LogP contribution in [0.1, 0.15) is 6.92 Å². The van der Waals surface area contributed by atoms with E-state index in [2.05, 4.69) is 9.46 Å². The van der Waals surface area contributed by atoms with Crippen molar-refractivity contribution >= 4 is 22.0 Å². The molecule has 2 N–H and O–H groups in total. The number of sulfonamides is 1. The van der Waals surface area contributed by atoms with Crippen molar-refractivity contribution < 1.29 is 32.6 Å². The Morgan fingerprint density at radius 3 is 2.33 bits per heavy atom. The van der Waals surface area contributed by atoms with Crippen LogP contribution in [-0.2, 0) is 24.3 Å². The van der Waals surface area contributed by atoms with Gasteiger partial charge in [-0.05, 0) is 31.2 Å². The molecule has 21 heavy (non-hydrogen) atoms. The van der Waals surface area contributed by atoms with Gasteiger partial charge in [-0.25, -0.2) is 13.2 Å². The van der Waals surface area contributed by atoms with Gasteiger partial charge in [-0.1, -0.05) is 0 Å². The van der Waals surface area contributed by atoms with Crippen LogP contribution in [0.4, 0.5) is 0 Å². The molecule has 0 fully saturated rings. The van der Waals surface area contributed by atoms with E-state index in [0.29, 0.717) is 0 Å². The molecule has 0 spiro atoms. The largest absolute Gasteiger partial charge is 0.482 e. The maximum Gasteiger partial charge on any atom is 0.341 e. The number of carbonyl (C=O) groups excluding carboxylic acids is 1. The van der Waals surface area contributed by atoms with Gasteiger partial charge >= 0.3 is 11.9 Å². The highest BCUT2D eigenvalue weighted by Crippen LogP contribution is 2.16. The molecule has 0 aliphatic heterocycles. The molecule has 1 unspecified atom stereocenters. The molecule has 9 heteroatoms. The fourth-order valence-electron chi connectivity index (χ4n) is 1.39. The lowest BCUT2D eigenvalue weighted by atomic mass is 10.3. The molecule has 0 aliphatic rings. The van der Waals surface area contributed by atoms with Gasteiger partial charge in [-0.2, -0.15) is 4.72 Å². The molecular formula is C12H15NO7S. The van der Waals surface area contributed by atoms with Crippen molar-refractivity contribution in [2.45, 2.75) is 17.9 Å². The first-order valence-electron chi connectivity index (χ1n) is 5.81. The Balaban J connectivity index is 2.80. The lowest BCUT2D eigenvalue weighted by molar-refractivity contribution is -0.142. The van der Waals surface area contributed by atoms with Crippen molar-refractivity contribution in [2.75, 3.05) is 13.7 Å². The number of hydrogen-bond donors (Lipinski definition) is 2. The summed E-state index contributed by atoms with van der Waals surface area (Å²) in [6.45, 7) is 0.831. The van der Waals surface area contributed by atoms with Gasteiger partial charge in [-0.15, -0.1) is 0 Å². The van der Waals surface area contributed by atoms with E-state index in [1.54, 1.807) is 0 Å². The lowest BCUT2D eigenvalue weighted by Crippen LogP contribution is -2.39. The number of nitrogens with one attached hydrogen (secondary N) is 1. The van der Waals surface area contributed by atoms with E-state index in [0.717, 1.165) is 7.11 Å². The highest BCUT2D eigenvalue weighted by Gasteiger charge is 2.22. The number of methoxy groups -OCH3 is 1. The van der Waals surface area contributed by atoms with Crippen LogP contribution in [0.25, 0.3) is 0 Å². The molecule has 0 heterocycles. The number of ether oxygens (including phenoxy) is 2. The summed E-state index contributed by atoms with van der Waals surface area (Å²) < 4.78 is 35.4. The van der Waals surface area contributed by atoms with Gasteiger partial charge in [0.05, 0.1) is 12.0 Å². The summed E-state index contributed by atoms with van der Waals surface area (Å²) in [6.07, 6.45) is 0. The van der Waals surface area contributed by atoms with Crippen LogP contribution in [0.5, 0.6) is 5.75 Å². The first-order chi connectivity index (χ1) is 9.76. The summed E-state index contributed by atoms with van der Waals surface area (Å²) in [5.41, 5.74) is 0. The molecule has 0 aliphatic carbocycles. The molecule has 1 atom stereocenters. The maximum atomic E-state index is 12.0. The van der Waals surface area contributed by atoms with Gasteiger partial charge in [0.1, 0.15) is 11.8 Å². The minimum atomic E-state index is -3.89.